The largest absolute Gasteiger partial charge is 0.396 e. The number of benzene rings is 1. The van der Waals surface area contributed by atoms with Crippen LogP contribution in [0.5, 0.6) is 0 Å². The zero-order chi connectivity index (χ0) is 13.6. The van der Waals surface area contributed by atoms with Gasteiger partial charge < -0.3 is 10.0 Å². The van der Waals surface area contributed by atoms with Crippen molar-refractivity contribution in [2.45, 2.75) is 24.2 Å². The number of aliphatic hydroxyl groups excluding tert-OH is 1. The van der Waals surface area contributed by atoms with E-state index in [1.165, 1.54) is 6.07 Å². The average Bonchev–Trinajstić information content (AvgIpc) is 2.33. The highest BCUT2D eigenvalue weighted by Gasteiger charge is 2.15. The number of para-hydroxylation sites is 1. The number of rotatable bonds is 7. The van der Waals surface area contributed by atoms with E-state index in [1.54, 1.807) is 18.2 Å². The first-order chi connectivity index (χ1) is 8.46. The molecule has 0 fully saturated rings. The molecular weight excluding hydrogens is 252 g/mol. The molecule has 0 saturated heterocycles. The second-order valence-electron chi connectivity index (χ2n) is 4.22. The van der Waals surface area contributed by atoms with E-state index in [-0.39, 0.29) is 11.5 Å². The molecule has 1 aromatic rings. The van der Waals surface area contributed by atoms with Crippen molar-refractivity contribution in [3.8, 4) is 0 Å². The molecule has 0 aliphatic carbocycles. The van der Waals surface area contributed by atoms with E-state index in [4.69, 9.17) is 10.2 Å². The molecule has 1 aromatic carbocycles. The molecule has 5 nitrogen and oxygen atoms in total. The zero-order valence-corrected chi connectivity index (χ0v) is 11.4. The second-order valence-corrected chi connectivity index (χ2v) is 5.75. The van der Waals surface area contributed by atoms with Crippen LogP contribution in [0, 0.1) is 0 Å². The molecule has 0 spiro atoms. The molecule has 102 valence electrons. The maximum Gasteiger partial charge on any atom is 0.240 e. The van der Waals surface area contributed by atoms with Crippen LogP contribution in [0.2, 0.25) is 0 Å². The minimum Gasteiger partial charge on any atom is -0.396 e. The monoisotopic (exact) mass is 272 g/mol. The Bertz CT molecular complexity index is 474. The summed E-state index contributed by atoms with van der Waals surface area (Å²) in [6.45, 7) is 0.921. The Labute approximate surface area is 108 Å². The lowest BCUT2D eigenvalue weighted by molar-refractivity contribution is 0.283. The number of nitrogens with two attached hydrogens (primary N) is 1. The standard InChI is InChI=1S/C12H20N2O3S/c1-14(9-5-2-6-10-15)11-7-3-4-8-12(11)18(13,16)17/h3-4,7-8,15H,2,5-6,9-10H2,1H3,(H2,13,16,17). The average molecular weight is 272 g/mol. The van der Waals surface area contributed by atoms with Gasteiger partial charge in [-0.1, -0.05) is 12.1 Å². The van der Waals surface area contributed by atoms with Crippen LogP contribution in [0.4, 0.5) is 5.69 Å². The number of aliphatic hydroxyl groups is 1. The summed E-state index contributed by atoms with van der Waals surface area (Å²) in [7, 11) is -1.86. The molecule has 0 aliphatic rings. The Balaban J connectivity index is 2.77. The van der Waals surface area contributed by atoms with Crippen LogP contribution >= 0.6 is 0 Å². The minimum atomic E-state index is -3.70. The van der Waals surface area contributed by atoms with Crippen LogP contribution in [0.1, 0.15) is 19.3 Å². The third-order valence-corrected chi connectivity index (χ3v) is 3.69. The minimum absolute atomic E-state index is 0.148. The van der Waals surface area contributed by atoms with Crippen molar-refractivity contribution in [2.75, 3.05) is 25.1 Å². The van der Waals surface area contributed by atoms with Crippen LogP contribution in [0.25, 0.3) is 0 Å². The number of sulfonamides is 1. The zero-order valence-electron chi connectivity index (χ0n) is 10.5. The van der Waals surface area contributed by atoms with E-state index < -0.39 is 10.0 Å². The number of unbranched alkanes of at least 4 members (excludes halogenated alkanes) is 2. The number of primary sulfonamides is 1. The third kappa shape index (κ3) is 4.29. The van der Waals surface area contributed by atoms with Crippen LogP contribution in [0.15, 0.2) is 29.2 Å². The van der Waals surface area contributed by atoms with E-state index in [0.29, 0.717) is 5.69 Å². The lowest BCUT2D eigenvalue weighted by atomic mass is 10.2. The smallest absolute Gasteiger partial charge is 0.240 e. The molecule has 1 rings (SSSR count). The fourth-order valence-corrected chi connectivity index (χ4v) is 2.55. The van der Waals surface area contributed by atoms with Gasteiger partial charge in [-0.15, -0.1) is 0 Å². The van der Waals surface area contributed by atoms with Crippen LogP contribution in [-0.2, 0) is 10.0 Å². The fourth-order valence-electron chi connectivity index (χ4n) is 1.77. The first kappa shape index (κ1) is 14.9. The van der Waals surface area contributed by atoms with Crippen LogP contribution in [0.3, 0.4) is 0 Å². The summed E-state index contributed by atoms with van der Waals surface area (Å²) in [4.78, 5) is 2.02. The topological polar surface area (TPSA) is 83.6 Å². The van der Waals surface area contributed by atoms with E-state index in [0.717, 1.165) is 25.8 Å². The van der Waals surface area contributed by atoms with Gasteiger partial charge in [0.05, 0.1) is 5.69 Å². The second kappa shape index (κ2) is 6.72. The normalized spacial score (nSPS) is 11.5. The van der Waals surface area contributed by atoms with Gasteiger partial charge in [0.2, 0.25) is 10.0 Å². The summed E-state index contributed by atoms with van der Waals surface area (Å²) in [6.07, 6.45) is 2.58. The van der Waals surface area contributed by atoms with Crippen molar-refractivity contribution < 1.29 is 13.5 Å². The summed E-state index contributed by atoms with van der Waals surface area (Å²) in [5.41, 5.74) is 0.615. The van der Waals surface area contributed by atoms with Gasteiger partial charge in [0, 0.05) is 20.2 Å². The van der Waals surface area contributed by atoms with Gasteiger partial charge in [-0.05, 0) is 31.4 Å². The Morgan fingerprint density at radius 2 is 1.89 bits per heavy atom. The van der Waals surface area contributed by atoms with Gasteiger partial charge in [0.1, 0.15) is 4.90 Å². The highest BCUT2D eigenvalue weighted by atomic mass is 32.2. The van der Waals surface area contributed by atoms with Crippen LogP contribution in [-0.4, -0.2) is 33.7 Å². The third-order valence-electron chi connectivity index (χ3n) is 2.73. The van der Waals surface area contributed by atoms with Gasteiger partial charge in [0.25, 0.3) is 0 Å². The number of hydrogen-bond donors (Lipinski definition) is 2. The Hall–Kier alpha value is -1.11. The highest BCUT2D eigenvalue weighted by molar-refractivity contribution is 7.89. The van der Waals surface area contributed by atoms with Gasteiger partial charge in [-0.3, -0.25) is 0 Å². The Kier molecular flexibility index (Phi) is 5.58. The number of hydrogen-bond acceptors (Lipinski definition) is 4. The summed E-state index contributed by atoms with van der Waals surface area (Å²) in [5, 5.41) is 13.9. The summed E-state index contributed by atoms with van der Waals surface area (Å²) < 4.78 is 22.9. The molecule has 0 saturated carbocycles. The molecule has 0 bridgehead atoms. The number of anilines is 1. The summed E-state index contributed by atoms with van der Waals surface area (Å²) in [5.74, 6) is 0. The van der Waals surface area contributed by atoms with Crippen LogP contribution < -0.4 is 10.0 Å². The fraction of sp³-hybridized carbons (Fsp3) is 0.500. The van der Waals surface area contributed by atoms with E-state index in [1.807, 2.05) is 11.9 Å². The van der Waals surface area contributed by atoms with Crippen molar-refractivity contribution in [1.29, 1.82) is 0 Å². The lowest BCUT2D eigenvalue weighted by Crippen LogP contribution is -2.23. The maximum atomic E-state index is 11.5. The van der Waals surface area contributed by atoms with Gasteiger partial charge in [0.15, 0.2) is 0 Å². The molecule has 0 radical (unpaired) electrons. The predicted molar refractivity (Wildman–Crippen MR) is 72.0 cm³/mol. The molecule has 18 heavy (non-hydrogen) atoms. The molecule has 0 heterocycles. The lowest BCUT2D eigenvalue weighted by Gasteiger charge is -2.21. The summed E-state index contributed by atoms with van der Waals surface area (Å²) in [6, 6.07) is 6.69. The molecule has 3 N–H and O–H groups in total. The first-order valence-electron chi connectivity index (χ1n) is 5.90. The summed E-state index contributed by atoms with van der Waals surface area (Å²) >= 11 is 0. The molecular formula is C12H20N2O3S. The van der Waals surface area contributed by atoms with E-state index in [9.17, 15) is 8.42 Å². The molecule has 6 heteroatoms. The van der Waals surface area contributed by atoms with Crippen molar-refractivity contribution in [1.82, 2.24) is 0 Å². The molecule has 0 atom stereocenters. The van der Waals surface area contributed by atoms with Crippen molar-refractivity contribution in [2.24, 2.45) is 5.14 Å². The molecule has 0 aliphatic heterocycles. The van der Waals surface area contributed by atoms with E-state index in [2.05, 4.69) is 0 Å². The van der Waals surface area contributed by atoms with Crippen molar-refractivity contribution in [3.05, 3.63) is 24.3 Å². The Morgan fingerprint density at radius 3 is 2.50 bits per heavy atom. The highest BCUT2D eigenvalue weighted by Crippen LogP contribution is 2.23. The molecule has 0 aromatic heterocycles. The predicted octanol–water partition coefficient (Wildman–Crippen LogP) is 0.933. The van der Waals surface area contributed by atoms with Crippen molar-refractivity contribution >= 4 is 15.7 Å². The maximum absolute atomic E-state index is 11.5. The number of nitrogens with zero attached hydrogens (tertiary/aromatic N) is 1. The first-order valence-corrected chi connectivity index (χ1v) is 7.45. The SMILES string of the molecule is CN(CCCCCO)c1ccccc1S(N)(=O)=O. The van der Waals surface area contributed by atoms with Gasteiger partial charge in [-0.2, -0.15) is 0 Å². The van der Waals surface area contributed by atoms with Gasteiger partial charge >= 0.3 is 0 Å². The van der Waals surface area contributed by atoms with Crippen molar-refractivity contribution in [3.63, 3.8) is 0 Å². The quantitative estimate of drug-likeness (QED) is 0.723. The Morgan fingerprint density at radius 1 is 1.22 bits per heavy atom. The molecule has 0 amide bonds. The van der Waals surface area contributed by atoms with Gasteiger partial charge in [-0.25, -0.2) is 13.6 Å². The molecule has 0 unspecified atom stereocenters. The van der Waals surface area contributed by atoms with E-state index >= 15 is 0 Å².